The van der Waals surface area contributed by atoms with Crippen molar-refractivity contribution in [3.63, 3.8) is 0 Å². The lowest BCUT2D eigenvalue weighted by Crippen LogP contribution is -2.07. The summed E-state index contributed by atoms with van der Waals surface area (Å²) in [5.74, 6) is -1.74. The second-order valence-electron chi connectivity index (χ2n) is 2.38. The first kappa shape index (κ1) is 8.04. The molecule has 0 saturated carbocycles. The zero-order chi connectivity index (χ0) is 8.27. The molecule has 0 atom stereocenters. The van der Waals surface area contributed by atoms with E-state index in [1.165, 1.54) is 0 Å². The molecule has 1 aliphatic heterocycles. The second-order valence-corrected chi connectivity index (χ2v) is 2.38. The van der Waals surface area contributed by atoms with Crippen LogP contribution in [0.3, 0.4) is 0 Å². The van der Waals surface area contributed by atoms with Crippen molar-refractivity contribution < 1.29 is 19.1 Å². The number of hydrogen-bond acceptors (Lipinski definition) is 4. The first-order valence-electron chi connectivity index (χ1n) is 3.65. The lowest BCUT2D eigenvalue weighted by atomic mass is 10.2. The molecular weight excluding hydrogens is 148 g/mol. The third-order valence-corrected chi connectivity index (χ3v) is 1.44. The summed E-state index contributed by atoms with van der Waals surface area (Å²) in [6, 6.07) is 0. The molecule has 0 aromatic heterocycles. The van der Waals surface area contributed by atoms with Crippen molar-refractivity contribution in [2.24, 2.45) is 0 Å². The highest BCUT2D eigenvalue weighted by molar-refractivity contribution is 6.30. The Bertz CT molecular complexity index is 159. The van der Waals surface area contributed by atoms with E-state index in [0.717, 1.165) is 12.8 Å². The quantitative estimate of drug-likeness (QED) is 0.446. The molecule has 0 N–H and O–H groups in total. The zero-order valence-electron chi connectivity index (χ0n) is 6.33. The Labute approximate surface area is 64.5 Å². The van der Waals surface area contributed by atoms with Crippen LogP contribution in [0.2, 0.25) is 0 Å². The Balaban J connectivity index is 2.29. The van der Waals surface area contributed by atoms with Gasteiger partial charge in [-0.1, -0.05) is 13.3 Å². The molecule has 4 nitrogen and oxygen atoms in total. The smallest absolute Gasteiger partial charge is 0.417 e. The van der Waals surface area contributed by atoms with Gasteiger partial charge in [-0.25, -0.2) is 9.59 Å². The number of esters is 2. The Morgan fingerprint density at radius 2 is 1.82 bits per heavy atom. The van der Waals surface area contributed by atoms with E-state index in [-0.39, 0.29) is 0 Å². The maximum absolute atomic E-state index is 10.5. The molecule has 0 aromatic carbocycles. The fraction of sp³-hybridized carbons (Fsp3) is 0.714. The van der Waals surface area contributed by atoms with Crippen molar-refractivity contribution in [2.45, 2.75) is 32.5 Å². The van der Waals surface area contributed by atoms with Gasteiger partial charge in [-0.15, -0.1) is 0 Å². The Morgan fingerprint density at radius 3 is 2.27 bits per heavy atom. The maximum Gasteiger partial charge on any atom is 0.420 e. The second kappa shape index (κ2) is 3.37. The van der Waals surface area contributed by atoms with E-state index in [4.69, 9.17) is 0 Å². The van der Waals surface area contributed by atoms with Crippen LogP contribution in [-0.2, 0) is 19.1 Å². The first-order chi connectivity index (χ1) is 5.24. The van der Waals surface area contributed by atoms with Gasteiger partial charge in [0.25, 0.3) is 0 Å². The van der Waals surface area contributed by atoms with Gasteiger partial charge in [-0.05, 0) is 6.42 Å². The summed E-state index contributed by atoms with van der Waals surface area (Å²) in [5.41, 5.74) is 0. The summed E-state index contributed by atoms with van der Waals surface area (Å²) in [5, 5.41) is 0. The van der Waals surface area contributed by atoms with E-state index in [1.54, 1.807) is 0 Å². The molecular formula is C7H10O4. The summed E-state index contributed by atoms with van der Waals surface area (Å²) in [6.45, 7) is 2.01. The zero-order valence-corrected chi connectivity index (χ0v) is 6.33. The number of cyclic esters (lactones) is 2. The van der Waals surface area contributed by atoms with Gasteiger partial charge >= 0.3 is 11.9 Å². The topological polar surface area (TPSA) is 52.6 Å². The predicted octanol–water partition coefficient (Wildman–Crippen LogP) is 0.603. The molecule has 4 heteroatoms. The lowest BCUT2D eigenvalue weighted by Gasteiger charge is -2.04. The van der Waals surface area contributed by atoms with Gasteiger partial charge in [0.1, 0.15) is 0 Å². The molecule has 1 heterocycles. The van der Waals surface area contributed by atoms with Crippen LogP contribution in [-0.4, -0.2) is 18.2 Å². The third-order valence-electron chi connectivity index (χ3n) is 1.44. The molecule has 1 fully saturated rings. The molecule has 0 bridgehead atoms. The summed E-state index contributed by atoms with van der Waals surface area (Å²) in [4.78, 5) is 20.9. The number of ether oxygens (including phenoxy) is 2. The summed E-state index contributed by atoms with van der Waals surface area (Å²) in [7, 11) is 0. The van der Waals surface area contributed by atoms with E-state index in [2.05, 4.69) is 9.47 Å². The van der Waals surface area contributed by atoms with Crippen molar-refractivity contribution in [1.29, 1.82) is 0 Å². The van der Waals surface area contributed by atoms with Gasteiger partial charge in [-0.3, -0.25) is 0 Å². The lowest BCUT2D eigenvalue weighted by molar-refractivity contribution is -0.150. The van der Waals surface area contributed by atoms with Crippen LogP contribution >= 0.6 is 0 Å². The largest absolute Gasteiger partial charge is 0.420 e. The minimum Gasteiger partial charge on any atom is -0.417 e. The number of hydrogen-bond donors (Lipinski definition) is 0. The minimum absolute atomic E-state index is 0.605. The fourth-order valence-electron chi connectivity index (χ4n) is 0.848. The summed E-state index contributed by atoms with van der Waals surface area (Å²) < 4.78 is 9.13. The third kappa shape index (κ3) is 1.93. The Morgan fingerprint density at radius 1 is 1.27 bits per heavy atom. The van der Waals surface area contributed by atoms with Crippen molar-refractivity contribution >= 4 is 11.9 Å². The van der Waals surface area contributed by atoms with E-state index in [9.17, 15) is 9.59 Å². The number of rotatable bonds is 3. The van der Waals surface area contributed by atoms with Gasteiger partial charge in [0.15, 0.2) is 0 Å². The van der Waals surface area contributed by atoms with Crippen LogP contribution in [0.25, 0.3) is 0 Å². The minimum atomic E-state index is -0.869. The van der Waals surface area contributed by atoms with Crippen LogP contribution < -0.4 is 0 Å². The van der Waals surface area contributed by atoms with Crippen LogP contribution in [0.15, 0.2) is 0 Å². The van der Waals surface area contributed by atoms with E-state index < -0.39 is 18.2 Å². The monoisotopic (exact) mass is 158 g/mol. The normalized spacial score (nSPS) is 18.3. The highest BCUT2D eigenvalue weighted by Crippen LogP contribution is 2.13. The van der Waals surface area contributed by atoms with Crippen LogP contribution in [0.5, 0.6) is 0 Å². The van der Waals surface area contributed by atoms with E-state index in [1.807, 2.05) is 6.92 Å². The SMILES string of the molecule is CCCCC1OC(=O)C(=O)O1. The first-order valence-corrected chi connectivity index (χ1v) is 3.65. The summed E-state index contributed by atoms with van der Waals surface area (Å²) >= 11 is 0. The van der Waals surface area contributed by atoms with Crippen molar-refractivity contribution in [2.75, 3.05) is 0 Å². The molecule has 1 saturated heterocycles. The van der Waals surface area contributed by atoms with Gasteiger partial charge in [-0.2, -0.15) is 0 Å². The van der Waals surface area contributed by atoms with Crippen molar-refractivity contribution in [3.05, 3.63) is 0 Å². The molecule has 0 aliphatic carbocycles. The van der Waals surface area contributed by atoms with Crippen LogP contribution in [0.4, 0.5) is 0 Å². The molecule has 0 unspecified atom stereocenters. The Kier molecular flexibility index (Phi) is 2.46. The van der Waals surface area contributed by atoms with Crippen molar-refractivity contribution in [3.8, 4) is 0 Å². The molecule has 11 heavy (non-hydrogen) atoms. The molecule has 1 aliphatic rings. The number of carbonyl (C=O) groups excluding carboxylic acids is 2. The predicted molar refractivity (Wildman–Crippen MR) is 35.5 cm³/mol. The number of unbranched alkanes of at least 4 members (excludes halogenated alkanes) is 1. The average molecular weight is 158 g/mol. The maximum atomic E-state index is 10.5. The standard InChI is InChI=1S/C7H10O4/c1-2-3-4-5-10-6(8)7(9)11-5/h5H,2-4H2,1H3. The van der Waals surface area contributed by atoms with E-state index >= 15 is 0 Å². The van der Waals surface area contributed by atoms with Crippen LogP contribution in [0, 0.1) is 0 Å². The van der Waals surface area contributed by atoms with Crippen molar-refractivity contribution in [1.82, 2.24) is 0 Å². The number of carbonyl (C=O) groups is 2. The van der Waals surface area contributed by atoms with E-state index in [0.29, 0.717) is 6.42 Å². The highest BCUT2D eigenvalue weighted by atomic mass is 16.8. The van der Waals surface area contributed by atoms with Crippen LogP contribution in [0.1, 0.15) is 26.2 Å². The van der Waals surface area contributed by atoms with Gasteiger partial charge < -0.3 is 9.47 Å². The molecule has 62 valence electrons. The van der Waals surface area contributed by atoms with Gasteiger partial charge in [0.05, 0.1) is 0 Å². The highest BCUT2D eigenvalue weighted by Gasteiger charge is 2.33. The Hall–Kier alpha value is -1.06. The molecule has 0 amide bonds. The fourth-order valence-corrected chi connectivity index (χ4v) is 0.848. The average Bonchev–Trinajstić information content (AvgIpc) is 2.28. The molecule has 1 rings (SSSR count). The summed E-state index contributed by atoms with van der Waals surface area (Å²) in [6.07, 6.45) is 1.86. The van der Waals surface area contributed by atoms with Gasteiger partial charge in [0, 0.05) is 6.42 Å². The molecule has 0 aromatic rings. The molecule has 0 spiro atoms. The molecule has 0 radical (unpaired) electrons. The van der Waals surface area contributed by atoms with Gasteiger partial charge in [0.2, 0.25) is 6.29 Å².